The van der Waals surface area contributed by atoms with E-state index in [2.05, 4.69) is 10.0 Å². The molecule has 1 saturated heterocycles. The highest BCUT2D eigenvalue weighted by Crippen LogP contribution is 2.35. The summed E-state index contributed by atoms with van der Waals surface area (Å²) >= 11 is 6.05. The standard InChI is InChI=1S/C20H22ClN3O5S/c1-22-30(27,28)16-5-3-4-13(8-16)11-23-20(26)14-9-19(25)24(12-14)17-10-15(21)6-7-18(17)29-2/h3-8,10,14,22H,9,11-12H2,1-2H3,(H,23,26). The maximum atomic E-state index is 12.6. The zero-order valence-electron chi connectivity index (χ0n) is 16.5. The molecule has 2 amide bonds. The van der Waals surface area contributed by atoms with E-state index in [4.69, 9.17) is 16.3 Å². The van der Waals surface area contributed by atoms with Crippen molar-refractivity contribution in [3.05, 3.63) is 53.1 Å². The number of carbonyl (C=O) groups excluding carboxylic acids is 2. The predicted molar refractivity (Wildman–Crippen MR) is 113 cm³/mol. The Hall–Kier alpha value is -2.62. The SMILES string of the molecule is CNS(=O)(=O)c1cccc(CNC(=O)C2CC(=O)N(c3cc(Cl)ccc3OC)C2)c1. The average molecular weight is 452 g/mol. The zero-order valence-corrected chi connectivity index (χ0v) is 18.1. The number of sulfonamides is 1. The van der Waals surface area contributed by atoms with Gasteiger partial charge in [0.25, 0.3) is 0 Å². The Morgan fingerprint density at radius 3 is 2.73 bits per heavy atom. The number of ether oxygens (including phenoxy) is 1. The van der Waals surface area contributed by atoms with E-state index >= 15 is 0 Å². The van der Waals surface area contributed by atoms with Gasteiger partial charge >= 0.3 is 0 Å². The maximum Gasteiger partial charge on any atom is 0.240 e. The van der Waals surface area contributed by atoms with Crippen molar-refractivity contribution < 1.29 is 22.7 Å². The van der Waals surface area contributed by atoms with Crippen LogP contribution < -0.4 is 19.7 Å². The van der Waals surface area contributed by atoms with Gasteiger partial charge < -0.3 is 15.0 Å². The summed E-state index contributed by atoms with van der Waals surface area (Å²) in [5.41, 5.74) is 1.16. The van der Waals surface area contributed by atoms with Crippen LogP contribution in [0.15, 0.2) is 47.4 Å². The molecule has 160 valence electrons. The number of methoxy groups -OCH3 is 1. The van der Waals surface area contributed by atoms with Crippen LogP contribution in [-0.2, 0) is 26.2 Å². The van der Waals surface area contributed by atoms with Crippen molar-refractivity contribution in [2.45, 2.75) is 17.9 Å². The van der Waals surface area contributed by atoms with Crippen LogP contribution in [0.4, 0.5) is 5.69 Å². The molecule has 0 aromatic heterocycles. The summed E-state index contributed by atoms with van der Waals surface area (Å²) < 4.78 is 31.4. The Kier molecular flexibility index (Phi) is 6.64. The summed E-state index contributed by atoms with van der Waals surface area (Å²) in [6.45, 7) is 0.354. The molecule has 1 atom stereocenters. The molecule has 0 spiro atoms. The number of amides is 2. The molecule has 1 aliphatic rings. The smallest absolute Gasteiger partial charge is 0.240 e. The maximum absolute atomic E-state index is 12.6. The number of nitrogens with zero attached hydrogens (tertiary/aromatic N) is 1. The predicted octanol–water partition coefficient (Wildman–Crippen LogP) is 1.93. The minimum absolute atomic E-state index is 0.0652. The first-order valence-electron chi connectivity index (χ1n) is 9.19. The molecule has 0 aliphatic carbocycles. The Morgan fingerprint density at radius 1 is 1.27 bits per heavy atom. The molecule has 0 radical (unpaired) electrons. The average Bonchev–Trinajstić information content (AvgIpc) is 3.13. The quantitative estimate of drug-likeness (QED) is 0.669. The Labute approximate surface area is 180 Å². The molecule has 2 aromatic rings. The van der Waals surface area contributed by atoms with Crippen LogP contribution in [0, 0.1) is 5.92 Å². The van der Waals surface area contributed by atoms with Gasteiger partial charge in [-0.1, -0.05) is 23.7 Å². The van der Waals surface area contributed by atoms with Gasteiger partial charge in [-0.15, -0.1) is 0 Å². The van der Waals surface area contributed by atoms with Gasteiger partial charge in [-0.3, -0.25) is 9.59 Å². The molecule has 10 heteroatoms. The van der Waals surface area contributed by atoms with Gasteiger partial charge in [-0.25, -0.2) is 13.1 Å². The lowest BCUT2D eigenvalue weighted by atomic mass is 10.1. The molecule has 8 nitrogen and oxygen atoms in total. The van der Waals surface area contributed by atoms with Gasteiger partial charge in [0, 0.05) is 24.5 Å². The Morgan fingerprint density at radius 2 is 2.03 bits per heavy atom. The van der Waals surface area contributed by atoms with Crippen LogP contribution in [0.2, 0.25) is 5.02 Å². The summed E-state index contributed by atoms with van der Waals surface area (Å²) in [5.74, 6) is -0.520. The van der Waals surface area contributed by atoms with E-state index < -0.39 is 15.9 Å². The molecule has 1 unspecified atom stereocenters. The molecule has 3 rings (SSSR count). The van der Waals surface area contributed by atoms with E-state index in [1.54, 1.807) is 30.3 Å². The fraction of sp³-hybridized carbons (Fsp3) is 0.300. The van der Waals surface area contributed by atoms with Crippen molar-refractivity contribution in [3.8, 4) is 5.75 Å². The van der Waals surface area contributed by atoms with E-state index in [0.29, 0.717) is 22.0 Å². The number of halogens is 1. The first kappa shape index (κ1) is 22.1. The summed E-state index contributed by atoms with van der Waals surface area (Å²) in [4.78, 5) is 26.7. The summed E-state index contributed by atoms with van der Waals surface area (Å²) in [6.07, 6.45) is 0.0652. The van der Waals surface area contributed by atoms with Gasteiger partial charge in [0.2, 0.25) is 21.8 Å². The van der Waals surface area contributed by atoms with Gasteiger partial charge in [0.15, 0.2) is 0 Å². The Bertz CT molecular complexity index is 1070. The van der Waals surface area contributed by atoms with Gasteiger partial charge in [0.1, 0.15) is 5.75 Å². The number of rotatable bonds is 7. The van der Waals surface area contributed by atoms with Crippen molar-refractivity contribution in [2.75, 3.05) is 25.6 Å². The van der Waals surface area contributed by atoms with Crippen molar-refractivity contribution in [2.24, 2.45) is 5.92 Å². The second kappa shape index (κ2) is 9.03. The lowest BCUT2D eigenvalue weighted by Gasteiger charge is -2.20. The van der Waals surface area contributed by atoms with Crippen molar-refractivity contribution in [1.29, 1.82) is 0 Å². The lowest BCUT2D eigenvalue weighted by Crippen LogP contribution is -2.32. The van der Waals surface area contributed by atoms with Gasteiger partial charge in [-0.2, -0.15) is 0 Å². The zero-order chi connectivity index (χ0) is 21.9. The van der Waals surface area contributed by atoms with Crippen molar-refractivity contribution >= 4 is 39.1 Å². The summed E-state index contributed by atoms with van der Waals surface area (Å²) in [5, 5.41) is 3.24. The second-order valence-electron chi connectivity index (χ2n) is 6.79. The van der Waals surface area contributed by atoms with Crippen LogP contribution in [0.5, 0.6) is 5.75 Å². The highest BCUT2D eigenvalue weighted by atomic mass is 35.5. The third-order valence-corrected chi connectivity index (χ3v) is 6.52. The second-order valence-corrected chi connectivity index (χ2v) is 9.12. The number of carbonyl (C=O) groups is 2. The molecule has 2 aromatic carbocycles. The third-order valence-electron chi connectivity index (χ3n) is 4.87. The molecule has 1 aliphatic heterocycles. The first-order chi connectivity index (χ1) is 14.2. The third kappa shape index (κ3) is 4.75. The molecular weight excluding hydrogens is 430 g/mol. The van der Waals surface area contributed by atoms with E-state index in [1.807, 2.05) is 0 Å². The lowest BCUT2D eigenvalue weighted by molar-refractivity contribution is -0.126. The normalized spacial score (nSPS) is 16.6. The van der Waals surface area contributed by atoms with Crippen LogP contribution >= 0.6 is 11.6 Å². The minimum Gasteiger partial charge on any atom is -0.495 e. The van der Waals surface area contributed by atoms with Gasteiger partial charge in [0.05, 0.1) is 23.6 Å². The molecule has 0 saturated carbocycles. The van der Waals surface area contributed by atoms with E-state index in [9.17, 15) is 18.0 Å². The summed E-state index contributed by atoms with van der Waals surface area (Å²) in [6, 6.07) is 11.3. The van der Waals surface area contributed by atoms with E-state index in [1.165, 1.54) is 31.2 Å². The monoisotopic (exact) mass is 451 g/mol. The van der Waals surface area contributed by atoms with E-state index in [0.717, 1.165) is 0 Å². The van der Waals surface area contributed by atoms with Crippen LogP contribution in [0.25, 0.3) is 0 Å². The number of nitrogens with one attached hydrogen (secondary N) is 2. The Balaban J connectivity index is 1.67. The van der Waals surface area contributed by atoms with Crippen LogP contribution in [-0.4, -0.2) is 40.9 Å². The first-order valence-corrected chi connectivity index (χ1v) is 11.1. The number of benzene rings is 2. The number of hydrogen-bond donors (Lipinski definition) is 2. The molecule has 1 fully saturated rings. The number of anilines is 1. The molecule has 0 bridgehead atoms. The van der Waals surface area contributed by atoms with Crippen molar-refractivity contribution in [1.82, 2.24) is 10.0 Å². The van der Waals surface area contributed by atoms with E-state index in [-0.39, 0.29) is 36.2 Å². The topological polar surface area (TPSA) is 105 Å². The highest BCUT2D eigenvalue weighted by molar-refractivity contribution is 7.89. The minimum atomic E-state index is -3.57. The highest BCUT2D eigenvalue weighted by Gasteiger charge is 2.36. The molecule has 1 heterocycles. The number of hydrogen-bond acceptors (Lipinski definition) is 5. The largest absolute Gasteiger partial charge is 0.495 e. The van der Waals surface area contributed by atoms with Crippen LogP contribution in [0.1, 0.15) is 12.0 Å². The van der Waals surface area contributed by atoms with Crippen molar-refractivity contribution in [3.63, 3.8) is 0 Å². The molecule has 30 heavy (non-hydrogen) atoms. The fourth-order valence-electron chi connectivity index (χ4n) is 3.26. The summed E-state index contributed by atoms with van der Waals surface area (Å²) in [7, 11) is -0.732. The molecular formula is C20H22ClN3O5S. The van der Waals surface area contributed by atoms with Gasteiger partial charge in [-0.05, 0) is 42.9 Å². The molecule has 2 N–H and O–H groups in total. The fourth-order valence-corrected chi connectivity index (χ4v) is 4.23. The van der Waals surface area contributed by atoms with Crippen LogP contribution in [0.3, 0.4) is 0 Å².